The molecule has 4 nitrogen and oxygen atoms in total. The van der Waals surface area contributed by atoms with Gasteiger partial charge in [0.05, 0.1) is 4.83 Å². The second kappa shape index (κ2) is 5.34. The molecule has 0 aliphatic carbocycles. The Morgan fingerprint density at radius 3 is 3.00 bits per heavy atom. The number of hydrogen-bond donors (Lipinski definition) is 2. The molecule has 1 aliphatic rings. The van der Waals surface area contributed by atoms with Crippen molar-refractivity contribution in [3.8, 4) is 0 Å². The van der Waals surface area contributed by atoms with Crippen LogP contribution < -0.4 is 10.6 Å². The zero-order chi connectivity index (χ0) is 10.6. The van der Waals surface area contributed by atoms with Crippen molar-refractivity contribution in [1.29, 1.82) is 0 Å². The van der Waals surface area contributed by atoms with Gasteiger partial charge < -0.3 is 10.6 Å². The van der Waals surface area contributed by atoms with Gasteiger partial charge in [-0.2, -0.15) is 0 Å². The van der Waals surface area contributed by atoms with E-state index in [9.17, 15) is 9.59 Å². The van der Waals surface area contributed by atoms with Crippen LogP contribution in [0.3, 0.4) is 0 Å². The molecule has 2 N–H and O–H groups in total. The molecular formula is C9H15BrN2O2. The quantitative estimate of drug-likeness (QED) is 0.728. The largest absolute Gasteiger partial charge is 0.353 e. The maximum atomic E-state index is 11.3. The fourth-order valence-electron chi connectivity index (χ4n) is 1.35. The van der Waals surface area contributed by atoms with Gasteiger partial charge in [0.1, 0.15) is 0 Å². The van der Waals surface area contributed by atoms with E-state index in [-0.39, 0.29) is 22.7 Å². The van der Waals surface area contributed by atoms with Crippen molar-refractivity contribution in [2.24, 2.45) is 0 Å². The van der Waals surface area contributed by atoms with Gasteiger partial charge in [-0.1, -0.05) is 22.9 Å². The van der Waals surface area contributed by atoms with E-state index in [2.05, 4.69) is 26.6 Å². The predicted molar refractivity (Wildman–Crippen MR) is 57.2 cm³/mol. The van der Waals surface area contributed by atoms with Crippen LogP contribution in [-0.2, 0) is 9.59 Å². The number of rotatable bonds is 4. The maximum absolute atomic E-state index is 11.3. The molecule has 80 valence electrons. The van der Waals surface area contributed by atoms with Gasteiger partial charge in [0, 0.05) is 19.0 Å². The van der Waals surface area contributed by atoms with Crippen LogP contribution in [-0.4, -0.2) is 29.2 Å². The van der Waals surface area contributed by atoms with Gasteiger partial charge in [-0.15, -0.1) is 0 Å². The molecule has 1 rings (SSSR count). The fourth-order valence-corrected chi connectivity index (χ4v) is 1.51. The summed E-state index contributed by atoms with van der Waals surface area (Å²) in [4.78, 5) is 22.1. The van der Waals surface area contributed by atoms with Crippen molar-refractivity contribution in [3.05, 3.63) is 0 Å². The van der Waals surface area contributed by atoms with Gasteiger partial charge in [0.25, 0.3) is 0 Å². The van der Waals surface area contributed by atoms with Crippen LogP contribution in [0.1, 0.15) is 26.2 Å². The highest BCUT2D eigenvalue weighted by atomic mass is 79.9. The number of carbonyl (C=O) groups is 2. The molecule has 2 amide bonds. The summed E-state index contributed by atoms with van der Waals surface area (Å²) in [7, 11) is 0. The highest BCUT2D eigenvalue weighted by Gasteiger charge is 2.21. The lowest BCUT2D eigenvalue weighted by atomic mass is 10.2. The Hall–Kier alpha value is -0.580. The van der Waals surface area contributed by atoms with Crippen molar-refractivity contribution < 1.29 is 9.59 Å². The Balaban J connectivity index is 2.20. The summed E-state index contributed by atoms with van der Waals surface area (Å²) in [5, 5.41) is 5.59. The van der Waals surface area contributed by atoms with Crippen LogP contribution in [0.4, 0.5) is 0 Å². The highest BCUT2D eigenvalue weighted by molar-refractivity contribution is 9.10. The normalized spacial score (nSPS) is 23.0. The Morgan fingerprint density at radius 1 is 1.79 bits per heavy atom. The van der Waals surface area contributed by atoms with Gasteiger partial charge in [-0.05, 0) is 12.8 Å². The monoisotopic (exact) mass is 262 g/mol. The van der Waals surface area contributed by atoms with E-state index < -0.39 is 0 Å². The number of amides is 2. The van der Waals surface area contributed by atoms with E-state index in [1.54, 1.807) is 0 Å². The first kappa shape index (κ1) is 11.5. The predicted octanol–water partition coefficient (Wildman–Crippen LogP) is 0.555. The summed E-state index contributed by atoms with van der Waals surface area (Å²) in [6.45, 7) is 2.48. The van der Waals surface area contributed by atoms with Crippen molar-refractivity contribution in [3.63, 3.8) is 0 Å². The smallest absolute Gasteiger partial charge is 0.233 e. The van der Waals surface area contributed by atoms with Crippen LogP contribution >= 0.6 is 15.9 Å². The molecule has 1 aliphatic heterocycles. The third kappa shape index (κ3) is 3.29. The van der Waals surface area contributed by atoms with Crippen molar-refractivity contribution in [1.82, 2.24) is 10.6 Å². The fraction of sp³-hybridized carbons (Fsp3) is 0.778. The van der Waals surface area contributed by atoms with Gasteiger partial charge in [0.15, 0.2) is 0 Å². The Kier molecular flexibility index (Phi) is 4.38. The van der Waals surface area contributed by atoms with E-state index in [1.807, 2.05) is 6.92 Å². The lowest BCUT2D eigenvalue weighted by Gasteiger charge is -2.13. The molecule has 5 heteroatoms. The van der Waals surface area contributed by atoms with E-state index in [0.717, 1.165) is 12.8 Å². The summed E-state index contributed by atoms with van der Waals surface area (Å²) < 4.78 is 0. The van der Waals surface area contributed by atoms with Crippen LogP contribution in [0, 0.1) is 0 Å². The van der Waals surface area contributed by atoms with Gasteiger partial charge in [-0.25, -0.2) is 0 Å². The van der Waals surface area contributed by atoms with Crippen LogP contribution in [0.2, 0.25) is 0 Å². The molecular weight excluding hydrogens is 248 g/mol. The first-order valence-corrected chi connectivity index (χ1v) is 5.76. The second-order valence-electron chi connectivity index (χ2n) is 3.42. The van der Waals surface area contributed by atoms with Gasteiger partial charge in [0.2, 0.25) is 11.8 Å². The van der Waals surface area contributed by atoms with Crippen LogP contribution in [0.5, 0.6) is 0 Å². The van der Waals surface area contributed by atoms with Gasteiger partial charge in [-0.3, -0.25) is 9.59 Å². The molecule has 0 aromatic rings. The van der Waals surface area contributed by atoms with Crippen molar-refractivity contribution >= 4 is 27.7 Å². The summed E-state index contributed by atoms with van der Waals surface area (Å²) in [5.74, 6) is 0.0729. The lowest BCUT2D eigenvalue weighted by molar-refractivity contribution is -0.121. The minimum absolute atomic E-state index is 0.00588. The maximum Gasteiger partial charge on any atom is 0.233 e. The summed E-state index contributed by atoms with van der Waals surface area (Å²) in [5.41, 5.74) is 0. The number of carbonyl (C=O) groups excluding carboxylic acids is 2. The first-order valence-electron chi connectivity index (χ1n) is 4.84. The van der Waals surface area contributed by atoms with E-state index in [0.29, 0.717) is 13.0 Å². The Morgan fingerprint density at radius 2 is 2.50 bits per heavy atom. The molecule has 0 aromatic carbocycles. The van der Waals surface area contributed by atoms with Crippen molar-refractivity contribution in [2.75, 3.05) is 6.54 Å². The standard InChI is InChI=1S/C9H15BrN2O2/c1-2-7(10)9(14)11-5-6-3-4-8(13)12-6/h6-7H,2-5H2,1H3,(H,11,14)(H,12,13). The average molecular weight is 263 g/mol. The number of hydrogen-bond acceptors (Lipinski definition) is 2. The molecule has 0 radical (unpaired) electrons. The van der Waals surface area contributed by atoms with Crippen LogP contribution in [0.15, 0.2) is 0 Å². The highest BCUT2D eigenvalue weighted by Crippen LogP contribution is 2.07. The first-order chi connectivity index (χ1) is 6.63. The summed E-state index contributed by atoms with van der Waals surface area (Å²) >= 11 is 3.26. The number of halogens is 1. The second-order valence-corrected chi connectivity index (χ2v) is 4.53. The molecule has 0 spiro atoms. The molecule has 0 bridgehead atoms. The van der Waals surface area contributed by atoms with Crippen molar-refractivity contribution in [2.45, 2.75) is 37.1 Å². The molecule has 0 saturated carbocycles. The lowest BCUT2D eigenvalue weighted by Crippen LogP contribution is -2.40. The van der Waals surface area contributed by atoms with E-state index >= 15 is 0 Å². The Labute approximate surface area is 91.9 Å². The molecule has 1 heterocycles. The SMILES string of the molecule is CCC(Br)C(=O)NCC1CCC(=O)N1. The molecule has 0 aromatic heterocycles. The van der Waals surface area contributed by atoms with E-state index in [1.165, 1.54) is 0 Å². The minimum Gasteiger partial charge on any atom is -0.353 e. The number of nitrogens with one attached hydrogen (secondary N) is 2. The third-order valence-corrected chi connectivity index (χ3v) is 3.31. The third-order valence-electron chi connectivity index (χ3n) is 2.25. The molecule has 2 atom stereocenters. The minimum atomic E-state index is -0.125. The number of alkyl halides is 1. The molecule has 1 fully saturated rings. The average Bonchev–Trinajstić information content (AvgIpc) is 2.59. The van der Waals surface area contributed by atoms with E-state index in [4.69, 9.17) is 0 Å². The summed E-state index contributed by atoms with van der Waals surface area (Å²) in [6.07, 6.45) is 2.16. The van der Waals surface area contributed by atoms with Gasteiger partial charge >= 0.3 is 0 Å². The Bertz CT molecular complexity index is 233. The molecule has 1 saturated heterocycles. The zero-order valence-electron chi connectivity index (χ0n) is 8.18. The zero-order valence-corrected chi connectivity index (χ0v) is 9.76. The topological polar surface area (TPSA) is 58.2 Å². The summed E-state index contributed by atoms with van der Waals surface area (Å²) in [6, 6.07) is 0.114. The van der Waals surface area contributed by atoms with Crippen LogP contribution in [0.25, 0.3) is 0 Å². The molecule has 2 unspecified atom stereocenters. The molecule has 14 heavy (non-hydrogen) atoms.